The first-order valence-electron chi connectivity index (χ1n) is 29.0. The molecule has 3 heterocycles. The summed E-state index contributed by atoms with van der Waals surface area (Å²) in [6, 6.07) is 29.0. The first-order chi connectivity index (χ1) is 38.7. The van der Waals surface area contributed by atoms with E-state index in [9.17, 15) is 10.2 Å². The molecule has 4 aromatic carbocycles. The fourth-order valence-corrected chi connectivity index (χ4v) is 8.08. The molecule has 18 heteroatoms. The first kappa shape index (κ1) is 83.7. The summed E-state index contributed by atoms with van der Waals surface area (Å²) in [6.45, 7) is 41.6. The minimum atomic E-state index is -0.375. The fourth-order valence-electron chi connectivity index (χ4n) is 8.08. The van der Waals surface area contributed by atoms with Gasteiger partial charge in [-0.15, -0.1) is 105 Å². The molecule has 0 fully saturated rings. The van der Waals surface area contributed by atoms with Gasteiger partial charge in [-0.3, -0.25) is 29.9 Å². The predicted molar refractivity (Wildman–Crippen MR) is 335 cm³/mol. The van der Waals surface area contributed by atoms with Crippen LogP contribution in [0.1, 0.15) is 190 Å². The van der Waals surface area contributed by atoms with Crippen molar-refractivity contribution in [1.82, 2.24) is 44.9 Å². The zero-order valence-corrected chi connectivity index (χ0v) is 61.8. The average Bonchev–Trinajstić information content (AvgIpc) is 3.38. The molecule has 15 nitrogen and oxygen atoms in total. The third-order valence-corrected chi connectivity index (χ3v) is 12.5. The van der Waals surface area contributed by atoms with Gasteiger partial charge in [-0.05, 0) is 104 Å². The van der Waals surface area contributed by atoms with Gasteiger partial charge >= 0.3 is 0 Å². The van der Waals surface area contributed by atoms with Crippen LogP contribution < -0.4 is 0 Å². The van der Waals surface area contributed by atoms with E-state index in [1.54, 1.807) is 46.7 Å². The van der Waals surface area contributed by atoms with Crippen LogP contribution in [0.25, 0.3) is 45.6 Å². The van der Waals surface area contributed by atoms with Gasteiger partial charge in [0.1, 0.15) is 30.6 Å². The fraction of sp³-hybridized carbons (Fsp3) is 0.515. The predicted octanol–water partition coefficient (Wildman–Crippen LogP) is 12.9. The van der Waals surface area contributed by atoms with Crippen LogP contribution in [0.4, 0.5) is 0 Å². The van der Waals surface area contributed by atoms with E-state index in [4.69, 9.17) is 20.4 Å². The SMILES string of the molecule is CC(C)C(O)CC(O)C(C)C.CC(O)CC(C)O.CC(O)CC(C)O.Cc1[c-]c(-c2ncnc(-c3cc(C)cc(C)c3)n2)cc(C)c1.Cc1[c-]c(-c2ncnc(C(C)C)n2)cc(C)c1.Cc1ncnc(-c2[c-]c(C(C)C)cc(C(C)C)c2)n1.[Ir].[Ir].[Ir]. The number of hydrogen-bond acceptors (Lipinski definition) is 15. The van der Waals surface area contributed by atoms with E-state index in [2.05, 4.69) is 175 Å². The molecular formula is C68H98Ir3N9O6-3. The Bertz CT molecular complexity index is 2820. The maximum atomic E-state index is 9.39. The number of benzene rings is 4. The van der Waals surface area contributed by atoms with Crippen molar-refractivity contribution < 1.29 is 91.0 Å². The largest absolute Gasteiger partial charge is 0.393 e. The molecule has 7 aromatic rings. The molecule has 7 rings (SSSR count). The average molecular weight is 1710 g/mol. The van der Waals surface area contributed by atoms with Gasteiger partial charge in [0.15, 0.2) is 5.82 Å². The third-order valence-electron chi connectivity index (χ3n) is 12.5. The first-order valence-corrected chi connectivity index (χ1v) is 29.0. The molecule has 3 aromatic heterocycles. The number of rotatable bonds is 15. The standard InChI is InChI=1S/C19H18N3.C16H20N3.C14H16N3.C9H20O2.2C5H12O2.3Ir/c1-12-5-13(2)8-16(7-12)18-20-11-21-19(22-18)17-9-14(3)6-15(4)10-17;1-10(2)13-6-14(11(3)4)8-15(7-13)16-18-9-17-12(5)19-16;1-9(2)13-15-8-16-14(17-13)12-6-10(3)5-11(4)7-12;1-6(2)8(10)5-9(11)7(3)4;2*1-4(6)3-5(2)7;;;/h5-9,11H,1-4H3;6-7,9-11H,1-5H3;5-6,8-9H,1-4H3;6-11H,5H2,1-4H3;2*4-7H,3H2,1-2H3;;;/q3*-1;;;;;;. The van der Waals surface area contributed by atoms with Gasteiger partial charge < -0.3 is 30.6 Å². The van der Waals surface area contributed by atoms with Crippen LogP contribution in [-0.2, 0) is 60.3 Å². The summed E-state index contributed by atoms with van der Waals surface area (Å²) in [5.41, 5.74) is 13.3. The molecule has 481 valence electrons. The topological polar surface area (TPSA) is 237 Å². The van der Waals surface area contributed by atoms with E-state index in [-0.39, 0.29) is 109 Å². The minimum absolute atomic E-state index is 0. The Hall–Kier alpha value is -4.38. The Kier molecular flexibility index (Phi) is 41.4. The molecule has 0 aliphatic carbocycles. The number of nitrogens with zero attached hydrogens (tertiary/aromatic N) is 9. The van der Waals surface area contributed by atoms with Crippen molar-refractivity contribution >= 4 is 0 Å². The van der Waals surface area contributed by atoms with Crippen molar-refractivity contribution in [3.05, 3.63) is 148 Å². The van der Waals surface area contributed by atoms with E-state index >= 15 is 0 Å². The summed E-state index contributed by atoms with van der Waals surface area (Å²) < 4.78 is 0. The monoisotopic (exact) mass is 1720 g/mol. The maximum Gasteiger partial charge on any atom is 0.153 e. The zero-order chi connectivity index (χ0) is 62.8. The van der Waals surface area contributed by atoms with Crippen LogP contribution in [-0.4, -0.2) is 112 Å². The molecule has 0 amide bonds. The van der Waals surface area contributed by atoms with E-state index in [1.165, 1.54) is 33.4 Å². The quantitative estimate of drug-likeness (QED) is 0.0524. The molecule has 0 saturated heterocycles. The van der Waals surface area contributed by atoms with Crippen molar-refractivity contribution in [3.63, 3.8) is 0 Å². The third kappa shape index (κ3) is 33.3. The Balaban J connectivity index is 0. The molecule has 0 aliphatic heterocycles. The second kappa shape index (κ2) is 42.5. The Labute approximate surface area is 556 Å². The molecule has 0 spiro atoms. The second-order valence-electron chi connectivity index (χ2n) is 23.5. The minimum Gasteiger partial charge on any atom is -0.393 e. The van der Waals surface area contributed by atoms with Gasteiger partial charge in [0, 0.05) is 71.8 Å². The summed E-state index contributed by atoms with van der Waals surface area (Å²) in [5.74, 6) is 6.04. The van der Waals surface area contributed by atoms with Crippen LogP contribution in [0, 0.1) is 78.5 Å². The second-order valence-corrected chi connectivity index (χ2v) is 23.5. The van der Waals surface area contributed by atoms with Gasteiger partial charge in [-0.2, -0.15) is 0 Å². The van der Waals surface area contributed by atoms with Gasteiger partial charge in [-0.1, -0.05) is 114 Å². The van der Waals surface area contributed by atoms with Gasteiger partial charge in [-0.25, -0.2) is 15.0 Å². The Morgan fingerprint density at radius 2 is 0.744 bits per heavy atom. The number of aliphatic hydroxyl groups excluding tert-OH is 6. The molecule has 0 aliphatic rings. The van der Waals surface area contributed by atoms with Gasteiger partial charge in [0.05, 0.1) is 54.1 Å². The van der Waals surface area contributed by atoms with Crippen molar-refractivity contribution in [1.29, 1.82) is 0 Å². The van der Waals surface area contributed by atoms with Crippen LogP contribution in [0.3, 0.4) is 0 Å². The van der Waals surface area contributed by atoms with Crippen molar-refractivity contribution in [3.8, 4) is 45.6 Å². The van der Waals surface area contributed by atoms with Crippen LogP contribution in [0.2, 0.25) is 0 Å². The summed E-state index contributed by atoms with van der Waals surface area (Å²) in [4.78, 5) is 38.8. The number of aryl methyl sites for hydroxylation is 7. The van der Waals surface area contributed by atoms with Gasteiger partial charge in [0.2, 0.25) is 0 Å². The maximum absolute atomic E-state index is 9.39. The van der Waals surface area contributed by atoms with Crippen molar-refractivity contribution in [2.45, 2.75) is 219 Å². The van der Waals surface area contributed by atoms with Crippen molar-refractivity contribution in [2.75, 3.05) is 0 Å². The van der Waals surface area contributed by atoms with E-state index in [1.807, 2.05) is 60.6 Å². The summed E-state index contributed by atoms with van der Waals surface area (Å²) in [5, 5.41) is 53.0. The van der Waals surface area contributed by atoms with Crippen LogP contribution in [0.15, 0.2) is 73.6 Å². The molecule has 0 saturated carbocycles. The molecule has 6 atom stereocenters. The van der Waals surface area contributed by atoms with E-state index < -0.39 is 0 Å². The summed E-state index contributed by atoms with van der Waals surface area (Å²) >= 11 is 0. The molecule has 6 unspecified atom stereocenters. The summed E-state index contributed by atoms with van der Waals surface area (Å²) in [7, 11) is 0. The van der Waals surface area contributed by atoms with E-state index in [0.717, 1.165) is 45.0 Å². The molecule has 86 heavy (non-hydrogen) atoms. The number of aromatic nitrogens is 9. The number of hydrogen-bond donors (Lipinski definition) is 6. The summed E-state index contributed by atoms with van der Waals surface area (Å²) in [6.07, 6.45) is 3.90. The zero-order valence-electron chi connectivity index (χ0n) is 54.6. The smallest absolute Gasteiger partial charge is 0.153 e. The van der Waals surface area contributed by atoms with E-state index in [0.29, 0.717) is 60.3 Å². The van der Waals surface area contributed by atoms with Crippen LogP contribution >= 0.6 is 0 Å². The normalized spacial score (nSPS) is 12.7. The molecule has 0 bridgehead atoms. The van der Waals surface area contributed by atoms with Gasteiger partial charge in [0.25, 0.3) is 0 Å². The molecular weight excluding hydrogens is 1620 g/mol. The molecule has 3 radical (unpaired) electrons. The Morgan fingerprint density at radius 1 is 0.360 bits per heavy atom. The van der Waals surface area contributed by atoms with Crippen LogP contribution in [0.5, 0.6) is 0 Å². The van der Waals surface area contributed by atoms with Crippen molar-refractivity contribution in [2.24, 2.45) is 11.8 Å². The number of aliphatic hydroxyl groups is 6. The Morgan fingerprint density at radius 3 is 1.12 bits per heavy atom. The molecule has 6 N–H and O–H groups in total.